The van der Waals surface area contributed by atoms with Gasteiger partial charge in [0.2, 0.25) is 0 Å². The number of aromatic nitrogens is 2. The number of nitrogens with two attached hydrogens (primary N) is 1. The van der Waals surface area contributed by atoms with Gasteiger partial charge in [-0.2, -0.15) is 5.10 Å². The lowest BCUT2D eigenvalue weighted by atomic mass is 10.1. The highest BCUT2D eigenvalue weighted by Gasteiger charge is 2.13. The van der Waals surface area contributed by atoms with E-state index in [1.165, 1.54) is 4.88 Å². The SMILES string of the molecule is CC(C)n1ccc(CC(N)c2sccc2Br)n1. The topological polar surface area (TPSA) is 43.8 Å². The Balaban J connectivity index is 2.08. The van der Waals surface area contributed by atoms with E-state index in [2.05, 4.69) is 34.9 Å². The van der Waals surface area contributed by atoms with Crippen LogP contribution in [0.5, 0.6) is 0 Å². The predicted molar refractivity (Wildman–Crippen MR) is 75.3 cm³/mol. The normalized spacial score (nSPS) is 13.2. The number of nitrogens with zero attached hydrogens (tertiary/aromatic N) is 2. The molecule has 0 spiro atoms. The lowest BCUT2D eigenvalue weighted by Gasteiger charge is -2.09. The van der Waals surface area contributed by atoms with Crippen molar-refractivity contribution in [2.45, 2.75) is 32.4 Å². The largest absolute Gasteiger partial charge is 0.323 e. The molecule has 0 bridgehead atoms. The third-order valence-corrected chi connectivity index (χ3v) is 4.61. The van der Waals surface area contributed by atoms with Crippen LogP contribution in [0.2, 0.25) is 0 Å². The predicted octanol–water partition coefficient (Wildman–Crippen LogP) is 3.53. The van der Waals surface area contributed by atoms with E-state index in [9.17, 15) is 0 Å². The zero-order chi connectivity index (χ0) is 12.4. The average molecular weight is 314 g/mol. The van der Waals surface area contributed by atoms with Crippen molar-refractivity contribution in [1.82, 2.24) is 9.78 Å². The number of hydrogen-bond donors (Lipinski definition) is 1. The molecule has 2 N–H and O–H groups in total. The van der Waals surface area contributed by atoms with Gasteiger partial charge in [-0.25, -0.2) is 0 Å². The second kappa shape index (κ2) is 5.33. The minimum Gasteiger partial charge on any atom is -0.323 e. The summed E-state index contributed by atoms with van der Waals surface area (Å²) < 4.78 is 3.06. The lowest BCUT2D eigenvalue weighted by Crippen LogP contribution is -2.13. The summed E-state index contributed by atoms with van der Waals surface area (Å²) in [6, 6.07) is 4.49. The monoisotopic (exact) mass is 313 g/mol. The molecule has 2 rings (SSSR count). The van der Waals surface area contributed by atoms with Crippen molar-refractivity contribution in [3.63, 3.8) is 0 Å². The first-order valence-electron chi connectivity index (χ1n) is 5.60. The van der Waals surface area contributed by atoms with Gasteiger partial charge >= 0.3 is 0 Å². The third-order valence-electron chi connectivity index (χ3n) is 2.60. The Morgan fingerprint density at radius 2 is 2.24 bits per heavy atom. The molecule has 0 saturated heterocycles. The van der Waals surface area contributed by atoms with E-state index < -0.39 is 0 Å². The van der Waals surface area contributed by atoms with Gasteiger partial charge in [0.25, 0.3) is 0 Å². The first kappa shape index (κ1) is 12.8. The molecular weight excluding hydrogens is 298 g/mol. The summed E-state index contributed by atoms with van der Waals surface area (Å²) in [5.74, 6) is 0. The molecule has 0 amide bonds. The number of hydrogen-bond acceptors (Lipinski definition) is 3. The van der Waals surface area contributed by atoms with Gasteiger partial charge in [-0.15, -0.1) is 11.3 Å². The minimum atomic E-state index is 0.0138. The van der Waals surface area contributed by atoms with Crippen LogP contribution in [0.4, 0.5) is 0 Å². The van der Waals surface area contributed by atoms with Crippen LogP contribution in [0, 0.1) is 0 Å². The van der Waals surface area contributed by atoms with Gasteiger partial charge in [0.1, 0.15) is 0 Å². The third kappa shape index (κ3) is 2.97. The average Bonchev–Trinajstić information content (AvgIpc) is 2.86. The van der Waals surface area contributed by atoms with Gasteiger partial charge in [-0.1, -0.05) is 0 Å². The summed E-state index contributed by atoms with van der Waals surface area (Å²) in [7, 11) is 0. The van der Waals surface area contributed by atoms with Crippen LogP contribution in [0.3, 0.4) is 0 Å². The van der Waals surface area contributed by atoms with Crippen molar-refractivity contribution < 1.29 is 0 Å². The van der Waals surface area contributed by atoms with E-state index in [1.807, 2.05) is 28.4 Å². The fraction of sp³-hybridized carbons (Fsp3) is 0.417. The maximum atomic E-state index is 6.19. The number of rotatable bonds is 4. The van der Waals surface area contributed by atoms with E-state index in [-0.39, 0.29) is 6.04 Å². The van der Waals surface area contributed by atoms with Crippen LogP contribution in [0.1, 0.15) is 36.5 Å². The molecule has 0 aromatic carbocycles. The van der Waals surface area contributed by atoms with Crippen molar-refractivity contribution in [3.05, 3.63) is 38.8 Å². The van der Waals surface area contributed by atoms with Gasteiger partial charge in [0.05, 0.1) is 5.69 Å². The lowest BCUT2D eigenvalue weighted by molar-refractivity contribution is 0.523. The highest BCUT2D eigenvalue weighted by Crippen LogP contribution is 2.29. The van der Waals surface area contributed by atoms with Crippen molar-refractivity contribution >= 4 is 27.3 Å². The molecule has 92 valence electrons. The Morgan fingerprint density at radius 3 is 2.76 bits per heavy atom. The molecule has 0 fully saturated rings. The fourth-order valence-corrected chi connectivity index (χ4v) is 3.33. The molecule has 0 aliphatic heterocycles. The number of halogens is 1. The Labute approximate surface area is 114 Å². The molecule has 1 unspecified atom stereocenters. The highest BCUT2D eigenvalue weighted by molar-refractivity contribution is 9.10. The molecule has 0 aliphatic rings. The minimum absolute atomic E-state index is 0.0138. The van der Waals surface area contributed by atoms with Gasteiger partial charge in [0, 0.05) is 34.1 Å². The summed E-state index contributed by atoms with van der Waals surface area (Å²) in [4.78, 5) is 1.18. The van der Waals surface area contributed by atoms with Gasteiger partial charge in [0.15, 0.2) is 0 Å². The Kier molecular flexibility index (Phi) is 4.01. The summed E-state index contributed by atoms with van der Waals surface area (Å²) in [5, 5.41) is 6.56. The van der Waals surface area contributed by atoms with Crippen molar-refractivity contribution in [2.75, 3.05) is 0 Å². The molecule has 2 aromatic rings. The summed E-state index contributed by atoms with van der Waals surface area (Å²) in [6.45, 7) is 4.24. The first-order chi connectivity index (χ1) is 8.08. The van der Waals surface area contributed by atoms with Gasteiger partial charge in [-0.3, -0.25) is 4.68 Å². The molecule has 2 heterocycles. The zero-order valence-corrected chi connectivity index (χ0v) is 12.3. The van der Waals surface area contributed by atoms with Crippen molar-refractivity contribution in [1.29, 1.82) is 0 Å². The molecule has 3 nitrogen and oxygen atoms in total. The van der Waals surface area contributed by atoms with Crippen LogP contribution in [0.15, 0.2) is 28.2 Å². The second-order valence-corrected chi connectivity index (χ2v) is 6.13. The molecule has 0 saturated carbocycles. The summed E-state index contributed by atoms with van der Waals surface area (Å²) in [5.41, 5.74) is 7.24. The van der Waals surface area contributed by atoms with E-state index >= 15 is 0 Å². The van der Waals surface area contributed by atoms with Crippen molar-refractivity contribution in [2.24, 2.45) is 5.73 Å². The van der Waals surface area contributed by atoms with E-state index in [1.54, 1.807) is 11.3 Å². The molecule has 1 atom stereocenters. The highest BCUT2D eigenvalue weighted by atomic mass is 79.9. The van der Waals surface area contributed by atoms with E-state index in [0.29, 0.717) is 6.04 Å². The first-order valence-corrected chi connectivity index (χ1v) is 7.27. The second-order valence-electron chi connectivity index (χ2n) is 4.32. The maximum Gasteiger partial charge on any atom is 0.0643 e. The van der Waals surface area contributed by atoms with E-state index in [4.69, 9.17) is 5.73 Å². The Morgan fingerprint density at radius 1 is 1.47 bits per heavy atom. The molecule has 0 radical (unpaired) electrons. The van der Waals surface area contributed by atoms with Gasteiger partial charge in [-0.05, 0) is 47.3 Å². The van der Waals surface area contributed by atoms with Crippen LogP contribution >= 0.6 is 27.3 Å². The quantitative estimate of drug-likeness (QED) is 0.938. The molecule has 17 heavy (non-hydrogen) atoms. The standard InChI is InChI=1S/C12H16BrN3S/c1-8(2)16-5-3-9(15-16)7-11(14)12-10(13)4-6-17-12/h3-6,8,11H,7,14H2,1-2H3. The summed E-state index contributed by atoms with van der Waals surface area (Å²) in [6.07, 6.45) is 2.79. The van der Waals surface area contributed by atoms with Crippen LogP contribution in [-0.4, -0.2) is 9.78 Å². The van der Waals surface area contributed by atoms with Crippen molar-refractivity contribution in [3.8, 4) is 0 Å². The Bertz CT molecular complexity index is 489. The van der Waals surface area contributed by atoms with Crippen LogP contribution in [0.25, 0.3) is 0 Å². The molecular formula is C12H16BrN3S. The smallest absolute Gasteiger partial charge is 0.0643 e. The van der Waals surface area contributed by atoms with Crippen LogP contribution in [-0.2, 0) is 6.42 Å². The Hall–Kier alpha value is -0.650. The molecule has 2 aromatic heterocycles. The van der Waals surface area contributed by atoms with E-state index in [0.717, 1.165) is 16.6 Å². The summed E-state index contributed by atoms with van der Waals surface area (Å²) >= 11 is 5.20. The number of thiophene rings is 1. The van der Waals surface area contributed by atoms with Crippen LogP contribution < -0.4 is 5.73 Å². The molecule has 0 aliphatic carbocycles. The van der Waals surface area contributed by atoms with Gasteiger partial charge < -0.3 is 5.73 Å². The zero-order valence-electron chi connectivity index (χ0n) is 9.93. The fourth-order valence-electron chi connectivity index (χ4n) is 1.66. The maximum absolute atomic E-state index is 6.19. The molecule has 5 heteroatoms.